The summed E-state index contributed by atoms with van der Waals surface area (Å²) in [5.41, 5.74) is 8.22. The highest BCUT2D eigenvalue weighted by atomic mass is 16.5. The molecule has 94 valence electrons. The Bertz CT molecular complexity index is 585. The molecule has 1 saturated heterocycles. The highest BCUT2D eigenvalue weighted by Crippen LogP contribution is 2.31. The van der Waals surface area contributed by atoms with Crippen molar-refractivity contribution in [2.75, 3.05) is 18.9 Å². The molecule has 2 aromatic heterocycles. The second-order valence-corrected chi connectivity index (χ2v) is 4.50. The molecule has 0 saturated carbocycles. The minimum atomic E-state index is 0.136. The van der Waals surface area contributed by atoms with Gasteiger partial charge in [-0.25, -0.2) is 0 Å². The van der Waals surface area contributed by atoms with Gasteiger partial charge in [0.2, 0.25) is 5.88 Å². The minimum absolute atomic E-state index is 0.136. The van der Waals surface area contributed by atoms with E-state index >= 15 is 0 Å². The average Bonchev–Trinajstić information content (AvgIpc) is 2.74. The van der Waals surface area contributed by atoms with Crippen LogP contribution in [0.2, 0.25) is 0 Å². The first kappa shape index (κ1) is 11.2. The molecule has 0 unspecified atom stereocenters. The summed E-state index contributed by atoms with van der Waals surface area (Å²) in [7, 11) is 0. The van der Waals surface area contributed by atoms with E-state index in [1.807, 2.05) is 6.07 Å². The van der Waals surface area contributed by atoms with E-state index in [0.717, 1.165) is 31.6 Å². The standard InChI is InChI=1S/C13H14N2O3/c14-13-10(7-16)12-11(18-13)5-9(6-15-12)8-1-3-17-4-2-8/h5-8H,1-4,14H2. The summed E-state index contributed by atoms with van der Waals surface area (Å²) in [6, 6.07) is 1.93. The zero-order valence-corrected chi connectivity index (χ0v) is 9.89. The van der Waals surface area contributed by atoms with Crippen molar-refractivity contribution in [3.8, 4) is 0 Å². The lowest BCUT2D eigenvalue weighted by Gasteiger charge is -2.21. The average molecular weight is 246 g/mol. The van der Waals surface area contributed by atoms with E-state index in [0.29, 0.717) is 28.9 Å². The topological polar surface area (TPSA) is 78.3 Å². The smallest absolute Gasteiger partial charge is 0.203 e. The number of nitrogens with two attached hydrogens (primary N) is 1. The van der Waals surface area contributed by atoms with Gasteiger partial charge in [-0.05, 0) is 30.4 Å². The number of aromatic nitrogens is 1. The van der Waals surface area contributed by atoms with E-state index in [1.165, 1.54) is 0 Å². The number of aldehydes is 1. The predicted molar refractivity (Wildman–Crippen MR) is 66.6 cm³/mol. The van der Waals surface area contributed by atoms with Crippen LogP contribution in [0.5, 0.6) is 0 Å². The number of anilines is 1. The first-order valence-electron chi connectivity index (χ1n) is 6.00. The fourth-order valence-electron chi connectivity index (χ4n) is 2.40. The summed E-state index contributed by atoms with van der Waals surface area (Å²) in [6.07, 6.45) is 4.47. The molecule has 5 nitrogen and oxygen atoms in total. The van der Waals surface area contributed by atoms with Gasteiger partial charge in [0.25, 0.3) is 0 Å². The van der Waals surface area contributed by atoms with E-state index in [9.17, 15) is 4.79 Å². The number of nitrogen functional groups attached to an aromatic ring is 1. The molecule has 0 aromatic carbocycles. The van der Waals surface area contributed by atoms with Crippen LogP contribution in [0.25, 0.3) is 11.1 Å². The third kappa shape index (κ3) is 1.76. The van der Waals surface area contributed by atoms with E-state index in [-0.39, 0.29) is 5.88 Å². The molecule has 1 fully saturated rings. The first-order valence-corrected chi connectivity index (χ1v) is 6.00. The van der Waals surface area contributed by atoms with E-state index in [2.05, 4.69) is 4.98 Å². The SMILES string of the molecule is Nc1oc2cc(C3CCOCC3)cnc2c1C=O. The second-order valence-electron chi connectivity index (χ2n) is 4.50. The highest BCUT2D eigenvalue weighted by molar-refractivity contribution is 5.98. The zero-order valence-electron chi connectivity index (χ0n) is 9.89. The van der Waals surface area contributed by atoms with Crippen LogP contribution in [0.4, 0.5) is 5.88 Å². The van der Waals surface area contributed by atoms with Crippen molar-refractivity contribution >= 4 is 23.3 Å². The number of hydrogen-bond acceptors (Lipinski definition) is 5. The maximum absolute atomic E-state index is 10.9. The van der Waals surface area contributed by atoms with Crippen molar-refractivity contribution < 1.29 is 13.9 Å². The Kier molecular flexibility index (Phi) is 2.76. The monoisotopic (exact) mass is 246 g/mol. The van der Waals surface area contributed by atoms with Gasteiger partial charge in [-0.2, -0.15) is 0 Å². The van der Waals surface area contributed by atoms with Gasteiger partial charge < -0.3 is 14.9 Å². The van der Waals surface area contributed by atoms with Crippen molar-refractivity contribution in [2.24, 2.45) is 0 Å². The summed E-state index contributed by atoms with van der Waals surface area (Å²) in [5.74, 6) is 0.582. The summed E-state index contributed by atoms with van der Waals surface area (Å²) >= 11 is 0. The van der Waals surface area contributed by atoms with Crippen LogP contribution in [-0.4, -0.2) is 24.5 Å². The van der Waals surface area contributed by atoms with Gasteiger partial charge in [0.15, 0.2) is 11.9 Å². The molecule has 0 bridgehead atoms. The van der Waals surface area contributed by atoms with Crippen LogP contribution in [-0.2, 0) is 4.74 Å². The number of fused-ring (bicyclic) bond motifs is 1. The predicted octanol–water partition coefficient (Wildman–Crippen LogP) is 2.12. The van der Waals surface area contributed by atoms with Gasteiger partial charge in [-0.15, -0.1) is 0 Å². The lowest BCUT2D eigenvalue weighted by molar-refractivity contribution is 0.0853. The van der Waals surface area contributed by atoms with Gasteiger partial charge in [0, 0.05) is 19.4 Å². The number of carbonyl (C=O) groups is 1. The zero-order chi connectivity index (χ0) is 12.5. The second kappa shape index (κ2) is 4.42. The molecule has 5 heteroatoms. The number of ether oxygens (including phenoxy) is 1. The van der Waals surface area contributed by atoms with E-state index < -0.39 is 0 Å². The summed E-state index contributed by atoms with van der Waals surface area (Å²) in [5, 5.41) is 0. The molecular formula is C13H14N2O3. The Morgan fingerprint density at radius 3 is 2.89 bits per heavy atom. The van der Waals surface area contributed by atoms with Crippen LogP contribution in [0.15, 0.2) is 16.7 Å². The largest absolute Gasteiger partial charge is 0.438 e. The van der Waals surface area contributed by atoms with Crippen molar-refractivity contribution in [2.45, 2.75) is 18.8 Å². The third-order valence-corrected chi connectivity index (χ3v) is 3.42. The normalized spacial score (nSPS) is 17.1. The quantitative estimate of drug-likeness (QED) is 0.821. The Morgan fingerprint density at radius 2 is 2.17 bits per heavy atom. The molecule has 2 N–H and O–H groups in total. The third-order valence-electron chi connectivity index (χ3n) is 3.42. The molecule has 0 amide bonds. The number of carbonyl (C=O) groups excluding carboxylic acids is 1. The maximum Gasteiger partial charge on any atom is 0.203 e. The van der Waals surface area contributed by atoms with Gasteiger partial charge in [0.05, 0.1) is 0 Å². The highest BCUT2D eigenvalue weighted by Gasteiger charge is 2.19. The molecular weight excluding hydrogens is 232 g/mol. The number of nitrogens with zero attached hydrogens (tertiary/aromatic N) is 1. The maximum atomic E-state index is 10.9. The molecule has 1 aliphatic rings. The van der Waals surface area contributed by atoms with Crippen molar-refractivity contribution in [1.29, 1.82) is 0 Å². The summed E-state index contributed by atoms with van der Waals surface area (Å²) in [6.45, 7) is 1.56. The van der Waals surface area contributed by atoms with Crippen molar-refractivity contribution in [3.63, 3.8) is 0 Å². The Labute approximate surface area is 104 Å². The number of rotatable bonds is 2. The minimum Gasteiger partial charge on any atom is -0.438 e. The molecule has 0 atom stereocenters. The van der Waals surface area contributed by atoms with Crippen LogP contribution < -0.4 is 5.73 Å². The van der Waals surface area contributed by atoms with Gasteiger partial charge in [0.1, 0.15) is 11.1 Å². The first-order chi connectivity index (χ1) is 8.79. The molecule has 0 spiro atoms. The Hall–Kier alpha value is -1.88. The van der Waals surface area contributed by atoms with Gasteiger partial charge in [-0.1, -0.05) is 0 Å². The van der Waals surface area contributed by atoms with Crippen molar-refractivity contribution in [1.82, 2.24) is 4.98 Å². The van der Waals surface area contributed by atoms with E-state index in [1.54, 1.807) is 6.20 Å². The van der Waals surface area contributed by atoms with Crippen LogP contribution in [0.3, 0.4) is 0 Å². The van der Waals surface area contributed by atoms with Gasteiger partial charge in [-0.3, -0.25) is 9.78 Å². The summed E-state index contributed by atoms with van der Waals surface area (Å²) in [4.78, 5) is 15.2. The molecule has 2 aromatic rings. The van der Waals surface area contributed by atoms with Crippen molar-refractivity contribution in [3.05, 3.63) is 23.4 Å². The Balaban J connectivity index is 2.03. The molecule has 0 radical (unpaired) electrons. The molecule has 18 heavy (non-hydrogen) atoms. The number of pyridine rings is 1. The fraction of sp³-hybridized carbons (Fsp3) is 0.385. The van der Waals surface area contributed by atoms with Gasteiger partial charge >= 0.3 is 0 Å². The fourth-order valence-corrected chi connectivity index (χ4v) is 2.40. The van der Waals surface area contributed by atoms with E-state index in [4.69, 9.17) is 14.9 Å². The molecule has 3 heterocycles. The number of hydrogen-bond donors (Lipinski definition) is 1. The van der Waals surface area contributed by atoms with Crippen LogP contribution in [0.1, 0.15) is 34.7 Å². The molecule has 3 rings (SSSR count). The molecule has 1 aliphatic heterocycles. The lowest BCUT2D eigenvalue weighted by atomic mass is 9.93. The van der Waals surface area contributed by atoms with Crippen LogP contribution in [0, 0.1) is 0 Å². The summed E-state index contributed by atoms with van der Waals surface area (Å²) < 4.78 is 10.7. The lowest BCUT2D eigenvalue weighted by Crippen LogP contribution is -2.14. The number of furan rings is 1. The molecule has 0 aliphatic carbocycles. The Morgan fingerprint density at radius 1 is 1.39 bits per heavy atom. The van der Waals surface area contributed by atoms with Crippen LogP contribution >= 0.6 is 0 Å².